The van der Waals surface area contributed by atoms with Crippen LogP contribution in [0.1, 0.15) is 12.6 Å². The molecule has 0 aliphatic heterocycles. The fourth-order valence-corrected chi connectivity index (χ4v) is 2.06. The summed E-state index contributed by atoms with van der Waals surface area (Å²) in [7, 11) is 0. The lowest BCUT2D eigenvalue weighted by Gasteiger charge is -2.12. The van der Waals surface area contributed by atoms with Crippen LogP contribution in [0.25, 0.3) is 5.69 Å². The van der Waals surface area contributed by atoms with Crippen LogP contribution in [-0.4, -0.2) is 4.57 Å². The number of pyridine rings is 1. The molecule has 88 valence electrons. The van der Waals surface area contributed by atoms with E-state index in [1.807, 2.05) is 37.3 Å². The highest BCUT2D eigenvalue weighted by atomic mass is 79.9. The van der Waals surface area contributed by atoms with Crippen molar-refractivity contribution in [1.82, 2.24) is 4.57 Å². The monoisotopic (exact) mass is 292 g/mol. The highest BCUT2D eigenvalue weighted by Crippen LogP contribution is 2.15. The van der Waals surface area contributed by atoms with E-state index in [-0.39, 0.29) is 5.56 Å². The van der Waals surface area contributed by atoms with Gasteiger partial charge in [0.1, 0.15) is 0 Å². The van der Waals surface area contributed by atoms with Crippen molar-refractivity contribution in [1.29, 1.82) is 0 Å². The van der Waals surface area contributed by atoms with Gasteiger partial charge in [-0.15, -0.1) is 0 Å². The number of benzene rings is 1. The molecule has 2 rings (SSSR count). The second kappa shape index (κ2) is 4.75. The van der Waals surface area contributed by atoms with Gasteiger partial charge in [0.2, 0.25) is 0 Å². The first kappa shape index (κ1) is 11.9. The average molecular weight is 293 g/mol. The molecule has 2 aromatic rings. The van der Waals surface area contributed by atoms with Crippen LogP contribution < -0.4 is 11.3 Å². The summed E-state index contributed by atoms with van der Waals surface area (Å²) in [6.45, 7) is 2.00. The van der Waals surface area contributed by atoms with E-state index in [2.05, 4.69) is 15.9 Å². The van der Waals surface area contributed by atoms with Crippen molar-refractivity contribution >= 4 is 21.6 Å². The van der Waals surface area contributed by atoms with E-state index in [1.54, 1.807) is 4.57 Å². The van der Waals surface area contributed by atoms with Gasteiger partial charge in [0.25, 0.3) is 5.56 Å². The van der Waals surface area contributed by atoms with Crippen LogP contribution in [-0.2, 0) is 6.42 Å². The van der Waals surface area contributed by atoms with Gasteiger partial charge in [0.05, 0.1) is 0 Å². The molecular weight excluding hydrogens is 280 g/mol. The Morgan fingerprint density at radius 3 is 2.47 bits per heavy atom. The fourth-order valence-electron chi connectivity index (χ4n) is 1.79. The van der Waals surface area contributed by atoms with Crippen LogP contribution in [0, 0.1) is 0 Å². The number of anilines is 1. The zero-order valence-corrected chi connectivity index (χ0v) is 11.1. The molecule has 17 heavy (non-hydrogen) atoms. The van der Waals surface area contributed by atoms with Gasteiger partial charge in [-0.1, -0.05) is 22.9 Å². The van der Waals surface area contributed by atoms with E-state index in [4.69, 9.17) is 5.73 Å². The summed E-state index contributed by atoms with van der Waals surface area (Å²) in [5.74, 6) is 0. The van der Waals surface area contributed by atoms with Crippen LogP contribution in [0.2, 0.25) is 0 Å². The fraction of sp³-hybridized carbons (Fsp3) is 0.154. The molecule has 1 aromatic heterocycles. The number of aryl methyl sites for hydroxylation is 1. The van der Waals surface area contributed by atoms with Crippen molar-refractivity contribution in [2.24, 2.45) is 0 Å². The number of aromatic nitrogens is 1. The lowest BCUT2D eigenvalue weighted by Crippen LogP contribution is -2.21. The summed E-state index contributed by atoms with van der Waals surface area (Å²) >= 11 is 3.38. The van der Waals surface area contributed by atoms with E-state index >= 15 is 0 Å². The Hall–Kier alpha value is -1.55. The number of hydrogen-bond acceptors (Lipinski definition) is 2. The molecule has 0 amide bonds. The van der Waals surface area contributed by atoms with Crippen molar-refractivity contribution in [3.63, 3.8) is 0 Å². The Balaban J connectivity index is 2.66. The minimum Gasteiger partial charge on any atom is -0.399 e. The summed E-state index contributed by atoms with van der Waals surface area (Å²) in [6.07, 6.45) is 0.760. The summed E-state index contributed by atoms with van der Waals surface area (Å²) < 4.78 is 2.67. The third-order valence-corrected chi connectivity index (χ3v) is 3.11. The molecule has 0 bridgehead atoms. The molecule has 0 radical (unpaired) electrons. The molecule has 0 atom stereocenters. The Morgan fingerprint density at radius 1 is 1.24 bits per heavy atom. The number of nitrogens with two attached hydrogens (primary N) is 1. The van der Waals surface area contributed by atoms with Gasteiger partial charge in [-0.25, -0.2) is 0 Å². The van der Waals surface area contributed by atoms with Crippen molar-refractivity contribution in [3.05, 3.63) is 56.9 Å². The van der Waals surface area contributed by atoms with E-state index in [9.17, 15) is 4.79 Å². The Kier molecular flexibility index (Phi) is 3.33. The van der Waals surface area contributed by atoms with Crippen molar-refractivity contribution in [2.45, 2.75) is 13.3 Å². The van der Waals surface area contributed by atoms with Gasteiger partial charge < -0.3 is 5.73 Å². The quantitative estimate of drug-likeness (QED) is 0.925. The minimum atomic E-state index is -0.0934. The lowest BCUT2D eigenvalue weighted by atomic mass is 10.2. The van der Waals surface area contributed by atoms with Gasteiger partial charge in [-0.2, -0.15) is 0 Å². The SMILES string of the molecule is CCc1cc(N)cc(=O)n1-c1ccc(Br)cc1. The molecule has 0 unspecified atom stereocenters. The highest BCUT2D eigenvalue weighted by Gasteiger charge is 2.06. The van der Waals surface area contributed by atoms with Gasteiger partial charge in [-0.3, -0.25) is 9.36 Å². The largest absolute Gasteiger partial charge is 0.399 e. The predicted octanol–water partition coefficient (Wildman–Crippen LogP) is 2.74. The smallest absolute Gasteiger partial charge is 0.257 e. The second-order valence-corrected chi connectivity index (χ2v) is 4.70. The molecule has 1 heterocycles. The van der Waals surface area contributed by atoms with Gasteiger partial charge in [0.15, 0.2) is 0 Å². The third kappa shape index (κ3) is 2.42. The molecular formula is C13H13BrN2O. The molecule has 0 aliphatic rings. The Bertz CT molecular complexity index is 587. The van der Waals surface area contributed by atoms with E-state index in [1.165, 1.54) is 6.07 Å². The van der Waals surface area contributed by atoms with Gasteiger partial charge in [-0.05, 0) is 36.8 Å². The molecule has 0 saturated heterocycles. The van der Waals surface area contributed by atoms with Gasteiger partial charge >= 0.3 is 0 Å². The Labute approximate surface area is 108 Å². The van der Waals surface area contributed by atoms with Gasteiger partial charge in [0, 0.05) is 27.6 Å². The molecule has 4 heteroatoms. The van der Waals surface area contributed by atoms with Crippen LogP contribution in [0.15, 0.2) is 45.7 Å². The van der Waals surface area contributed by atoms with E-state index in [0.717, 1.165) is 22.3 Å². The number of nitrogens with zero attached hydrogens (tertiary/aromatic N) is 1. The summed E-state index contributed by atoms with van der Waals surface area (Å²) in [5, 5.41) is 0. The molecule has 0 spiro atoms. The average Bonchev–Trinajstić information content (AvgIpc) is 2.30. The molecule has 0 saturated carbocycles. The molecule has 0 aliphatic carbocycles. The maximum atomic E-state index is 12.0. The number of rotatable bonds is 2. The third-order valence-electron chi connectivity index (χ3n) is 2.58. The number of halogens is 1. The standard InChI is InChI=1S/C13H13BrN2O/c1-2-11-7-10(15)8-13(17)16(11)12-5-3-9(14)4-6-12/h3-8H,2,15H2,1H3. The maximum absolute atomic E-state index is 12.0. The topological polar surface area (TPSA) is 48.0 Å². The molecule has 2 N–H and O–H groups in total. The van der Waals surface area contributed by atoms with Crippen molar-refractivity contribution < 1.29 is 0 Å². The first-order valence-electron chi connectivity index (χ1n) is 5.39. The molecule has 0 fully saturated rings. The van der Waals surface area contributed by atoms with E-state index in [0.29, 0.717) is 5.69 Å². The second-order valence-electron chi connectivity index (χ2n) is 3.78. The zero-order valence-electron chi connectivity index (χ0n) is 9.48. The highest BCUT2D eigenvalue weighted by molar-refractivity contribution is 9.10. The molecule has 1 aromatic carbocycles. The van der Waals surface area contributed by atoms with E-state index < -0.39 is 0 Å². The predicted molar refractivity (Wildman–Crippen MR) is 73.5 cm³/mol. The van der Waals surface area contributed by atoms with Crippen molar-refractivity contribution in [3.8, 4) is 5.69 Å². The number of nitrogen functional groups attached to an aromatic ring is 1. The van der Waals surface area contributed by atoms with Crippen molar-refractivity contribution in [2.75, 3.05) is 5.73 Å². The van der Waals surface area contributed by atoms with Crippen LogP contribution in [0.3, 0.4) is 0 Å². The zero-order chi connectivity index (χ0) is 12.4. The first-order valence-corrected chi connectivity index (χ1v) is 6.18. The minimum absolute atomic E-state index is 0.0934. The summed E-state index contributed by atoms with van der Waals surface area (Å²) in [5.41, 5.74) is 7.88. The number of hydrogen-bond donors (Lipinski definition) is 1. The van der Waals surface area contributed by atoms with Crippen LogP contribution >= 0.6 is 15.9 Å². The molecule has 3 nitrogen and oxygen atoms in total. The van der Waals surface area contributed by atoms with Crippen LogP contribution in [0.5, 0.6) is 0 Å². The Morgan fingerprint density at radius 2 is 1.88 bits per heavy atom. The summed E-state index contributed by atoms with van der Waals surface area (Å²) in [6, 6.07) is 10.9. The van der Waals surface area contributed by atoms with Crippen LogP contribution in [0.4, 0.5) is 5.69 Å². The summed E-state index contributed by atoms with van der Waals surface area (Å²) in [4.78, 5) is 12.0. The maximum Gasteiger partial charge on any atom is 0.257 e. The first-order chi connectivity index (χ1) is 8.11. The normalized spacial score (nSPS) is 10.5. The lowest BCUT2D eigenvalue weighted by molar-refractivity contribution is 0.878.